The van der Waals surface area contributed by atoms with E-state index < -0.39 is 15.7 Å². The molecule has 0 radical (unpaired) electrons. The molecule has 9 nitrogen and oxygen atoms in total. The lowest BCUT2D eigenvalue weighted by molar-refractivity contribution is 0.220. The highest BCUT2D eigenvalue weighted by molar-refractivity contribution is 7.90. The van der Waals surface area contributed by atoms with Gasteiger partial charge in [0.1, 0.15) is 32.7 Å². The summed E-state index contributed by atoms with van der Waals surface area (Å²) in [7, 11) is -3.21. The van der Waals surface area contributed by atoms with Crippen LogP contribution in [0.25, 0.3) is 55.8 Å². The zero-order chi connectivity index (χ0) is 31.1. The van der Waals surface area contributed by atoms with Gasteiger partial charge in [0.15, 0.2) is 5.82 Å². The molecule has 230 valence electrons. The lowest BCUT2D eigenvalue weighted by Crippen LogP contribution is -2.29. The van der Waals surface area contributed by atoms with Gasteiger partial charge >= 0.3 is 0 Å². The molecule has 0 amide bonds. The van der Waals surface area contributed by atoms with Gasteiger partial charge in [0.05, 0.1) is 22.5 Å². The van der Waals surface area contributed by atoms with Crippen molar-refractivity contribution in [1.29, 1.82) is 0 Å². The van der Waals surface area contributed by atoms with Crippen molar-refractivity contribution in [2.75, 3.05) is 25.1 Å². The zero-order valence-electron chi connectivity index (χ0n) is 24.6. The second-order valence-electron chi connectivity index (χ2n) is 11.7. The molecule has 1 fully saturated rings. The van der Waals surface area contributed by atoms with E-state index in [1.54, 1.807) is 30.6 Å². The van der Waals surface area contributed by atoms with Crippen LogP contribution in [0.1, 0.15) is 30.4 Å². The van der Waals surface area contributed by atoms with Crippen LogP contribution < -0.4 is 0 Å². The minimum absolute atomic E-state index is 0.0896. The predicted molar refractivity (Wildman–Crippen MR) is 170 cm³/mol. The van der Waals surface area contributed by atoms with Crippen molar-refractivity contribution in [3.05, 3.63) is 83.8 Å². The van der Waals surface area contributed by atoms with Gasteiger partial charge in [-0.25, -0.2) is 22.2 Å². The van der Waals surface area contributed by atoms with Gasteiger partial charge in [-0.1, -0.05) is 6.42 Å². The Bertz CT molecular complexity index is 2150. The van der Waals surface area contributed by atoms with Gasteiger partial charge in [0, 0.05) is 59.5 Å². The Morgan fingerprint density at radius 2 is 1.73 bits per heavy atom. The average Bonchev–Trinajstić information content (AvgIpc) is 3.63. The number of nitrogens with one attached hydrogen (secondary N) is 2. The molecule has 5 heterocycles. The number of benzene rings is 2. The van der Waals surface area contributed by atoms with E-state index in [1.807, 2.05) is 12.3 Å². The van der Waals surface area contributed by atoms with Crippen LogP contribution in [0.3, 0.4) is 0 Å². The number of sulfone groups is 1. The third kappa shape index (κ3) is 6.20. The topological polar surface area (TPSA) is 121 Å². The molecule has 0 spiro atoms. The van der Waals surface area contributed by atoms with Crippen LogP contribution in [0.5, 0.6) is 0 Å². The molecule has 1 aliphatic heterocycles. The minimum atomic E-state index is -3.21. The van der Waals surface area contributed by atoms with Crippen LogP contribution >= 0.6 is 0 Å². The molecule has 0 aliphatic carbocycles. The van der Waals surface area contributed by atoms with Crippen molar-refractivity contribution < 1.29 is 17.2 Å². The number of rotatable bonds is 8. The summed E-state index contributed by atoms with van der Waals surface area (Å²) in [6.07, 6.45) is 10.1. The van der Waals surface area contributed by atoms with E-state index >= 15 is 4.39 Å². The van der Waals surface area contributed by atoms with E-state index in [9.17, 15) is 12.8 Å². The Labute approximate surface area is 258 Å². The highest BCUT2D eigenvalue weighted by Gasteiger charge is 2.19. The summed E-state index contributed by atoms with van der Waals surface area (Å²) >= 11 is 0. The number of pyridine rings is 2. The number of likely N-dealkylation sites (tertiary alicyclic amines) is 1. The number of piperidine rings is 1. The number of aromatic nitrogens is 6. The number of nitrogens with zero attached hydrogens (tertiary/aromatic N) is 5. The molecular weight excluding hydrogens is 596 g/mol. The Hall–Kier alpha value is -4.55. The third-order valence-electron chi connectivity index (χ3n) is 8.23. The maximum atomic E-state index is 15.4. The van der Waals surface area contributed by atoms with Crippen molar-refractivity contribution in [3.63, 3.8) is 0 Å². The van der Waals surface area contributed by atoms with E-state index in [0.29, 0.717) is 61.4 Å². The van der Waals surface area contributed by atoms with Crippen LogP contribution in [0.15, 0.2) is 61.1 Å². The fourth-order valence-electron chi connectivity index (χ4n) is 6.03. The van der Waals surface area contributed by atoms with Crippen molar-refractivity contribution in [2.24, 2.45) is 0 Å². The quantitative estimate of drug-likeness (QED) is 0.210. The van der Waals surface area contributed by atoms with Gasteiger partial charge in [0.2, 0.25) is 0 Å². The standard InChI is InChI=1S/C33H31F2N7O2S/c1-45(43,44)10-6-20-11-22(14-24(34)13-20)30-32-28(5-7-37-30)38-33(39-32)31-26-15-25(27(35)16-29(26)40-41-31)23-12-21(17-36-18-23)19-42-8-3-2-4-9-42/h5,7,11-18H,2-4,6,8-10,19H2,1H3,(H,38,39)(H,40,41). The fourth-order valence-corrected chi connectivity index (χ4v) is 6.64. The molecule has 2 N–H and O–H groups in total. The monoisotopic (exact) mass is 627 g/mol. The fraction of sp³-hybridized carbons (Fsp3) is 0.273. The maximum absolute atomic E-state index is 15.4. The Balaban J connectivity index is 1.25. The lowest BCUT2D eigenvalue weighted by atomic mass is 10.0. The summed E-state index contributed by atoms with van der Waals surface area (Å²) in [6.45, 7) is 2.89. The number of aryl methyl sites for hydroxylation is 1. The molecule has 0 atom stereocenters. The summed E-state index contributed by atoms with van der Waals surface area (Å²) < 4.78 is 53.4. The zero-order valence-corrected chi connectivity index (χ0v) is 25.5. The van der Waals surface area contributed by atoms with Crippen molar-refractivity contribution in [1.82, 2.24) is 35.0 Å². The first-order valence-corrected chi connectivity index (χ1v) is 16.9. The summed E-state index contributed by atoms with van der Waals surface area (Å²) in [4.78, 5) is 19.4. The van der Waals surface area contributed by atoms with Gasteiger partial charge < -0.3 is 4.98 Å². The van der Waals surface area contributed by atoms with E-state index in [0.717, 1.165) is 31.5 Å². The molecule has 0 unspecified atom stereocenters. The van der Waals surface area contributed by atoms with Gasteiger partial charge in [-0.2, -0.15) is 5.10 Å². The average molecular weight is 628 g/mol. The first-order valence-electron chi connectivity index (χ1n) is 14.9. The second-order valence-corrected chi connectivity index (χ2v) is 14.0. The van der Waals surface area contributed by atoms with Crippen LogP contribution in [-0.2, 0) is 22.8 Å². The molecule has 45 heavy (non-hydrogen) atoms. The van der Waals surface area contributed by atoms with Crippen molar-refractivity contribution in [3.8, 4) is 33.9 Å². The largest absolute Gasteiger partial charge is 0.336 e. The van der Waals surface area contributed by atoms with E-state index in [4.69, 9.17) is 4.98 Å². The number of hydrogen-bond donors (Lipinski definition) is 2. The third-order valence-corrected chi connectivity index (χ3v) is 9.17. The molecule has 4 aromatic heterocycles. The predicted octanol–water partition coefficient (Wildman–Crippen LogP) is 6.08. The molecule has 2 aromatic carbocycles. The van der Waals surface area contributed by atoms with E-state index in [2.05, 4.69) is 30.0 Å². The van der Waals surface area contributed by atoms with Crippen LogP contribution in [0.2, 0.25) is 0 Å². The normalized spacial score (nSPS) is 14.5. The molecule has 6 aromatic rings. The summed E-state index contributed by atoms with van der Waals surface area (Å²) in [5.41, 5.74) is 5.78. The van der Waals surface area contributed by atoms with Gasteiger partial charge in [-0.05, 0) is 79.9 Å². The first-order chi connectivity index (χ1) is 21.7. The van der Waals surface area contributed by atoms with Crippen LogP contribution in [-0.4, -0.2) is 68.5 Å². The number of imidazole rings is 1. The molecule has 7 rings (SSSR count). The highest BCUT2D eigenvalue weighted by Crippen LogP contribution is 2.34. The first kappa shape index (κ1) is 29.2. The summed E-state index contributed by atoms with van der Waals surface area (Å²) in [5, 5.41) is 8.06. The van der Waals surface area contributed by atoms with E-state index in [1.165, 1.54) is 37.5 Å². The molecule has 1 saturated heterocycles. The number of halogens is 2. The summed E-state index contributed by atoms with van der Waals surface area (Å²) in [5.74, 6) is -0.529. The maximum Gasteiger partial charge on any atom is 0.159 e. The Morgan fingerprint density at radius 1 is 0.911 bits per heavy atom. The smallest absolute Gasteiger partial charge is 0.159 e. The number of fused-ring (bicyclic) bond motifs is 2. The summed E-state index contributed by atoms with van der Waals surface area (Å²) in [6, 6.07) is 11.4. The van der Waals surface area contributed by atoms with Crippen LogP contribution in [0.4, 0.5) is 8.78 Å². The van der Waals surface area contributed by atoms with E-state index in [-0.39, 0.29) is 18.0 Å². The van der Waals surface area contributed by atoms with Crippen molar-refractivity contribution >= 4 is 31.8 Å². The molecule has 1 aliphatic rings. The number of H-pyrrole nitrogens is 2. The van der Waals surface area contributed by atoms with Gasteiger partial charge in [-0.3, -0.25) is 20.0 Å². The molecular formula is C33H31F2N7O2S. The van der Waals surface area contributed by atoms with Crippen LogP contribution in [0, 0.1) is 11.6 Å². The molecule has 0 saturated carbocycles. The SMILES string of the molecule is CS(=O)(=O)CCc1cc(F)cc(-c2nccc3[nH]c(-c4n[nH]c5cc(F)c(-c6cncc(CN7CCCCC7)c6)cc45)nc23)c1. The lowest BCUT2D eigenvalue weighted by Gasteiger charge is -2.26. The second kappa shape index (κ2) is 11.8. The number of hydrogen-bond acceptors (Lipinski definition) is 7. The van der Waals surface area contributed by atoms with Crippen molar-refractivity contribution in [2.45, 2.75) is 32.2 Å². The minimum Gasteiger partial charge on any atom is -0.336 e. The van der Waals surface area contributed by atoms with Gasteiger partial charge in [-0.15, -0.1) is 0 Å². The van der Waals surface area contributed by atoms with Gasteiger partial charge in [0.25, 0.3) is 0 Å². The molecule has 0 bridgehead atoms. The molecule has 12 heteroatoms. The Morgan fingerprint density at radius 3 is 2.56 bits per heavy atom. The number of aromatic amines is 2. The Kier molecular flexibility index (Phi) is 7.62. The highest BCUT2D eigenvalue weighted by atomic mass is 32.2.